The molecule has 0 aliphatic carbocycles. The van der Waals surface area contributed by atoms with E-state index in [2.05, 4.69) is 11.1 Å². The van der Waals surface area contributed by atoms with Crippen LogP contribution in [0.2, 0.25) is 0 Å². The third kappa shape index (κ3) is 4.49. The minimum atomic E-state index is -0.459. The van der Waals surface area contributed by atoms with Crippen molar-refractivity contribution in [1.82, 2.24) is 14.8 Å². The van der Waals surface area contributed by atoms with Gasteiger partial charge in [-0.2, -0.15) is 5.26 Å². The molecule has 0 bridgehead atoms. The van der Waals surface area contributed by atoms with Crippen LogP contribution >= 0.6 is 11.3 Å². The summed E-state index contributed by atoms with van der Waals surface area (Å²) >= 11 is 1.39. The van der Waals surface area contributed by atoms with Crippen LogP contribution in [0.15, 0.2) is 48.5 Å². The van der Waals surface area contributed by atoms with E-state index in [1.165, 1.54) is 23.5 Å². The second kappa shape index (κ2) is 9.47. The maximum Gasteiger partial charge on any atom is 0.265 e. The molecule has 8 heteroatoms. The highest BCUT2D eigenvalue weighted by Gasteiger charge is 2.29. The number of benzene rings is 2. The van der Waals surface area contributed by atoms with Gasteiger partial charge in [0.2, 0.25) is 0 Å². The minimum absolute atomic E-state index is 0.0327. The smallest absolute Gasteiger partial charge is 0.265 e. The molecule has 1 unspecified atom stereocenters. The Morgan fingerprint density at radius 1 is 1.12 bits per heavy atom. The van der Waals surface area contributed by atoms with Crippen molar-refractivity contribution < 1.29 is 13.9 Å². The molecular formula is C24H23FN4O2S. The Morgan fingerprint density at radius 3 is 2.38 bits per heavy atom. The summed E-state index contributed by atoms with van der Waals surface area (Å²) in [7, 11) is 1.62. The van der Waals surface area contributed by atoms with Crippen LogP contribution in [0.1, 0.15) is 27.0 Å². The highest BCUT2D eigenvalue weighted by molar-refractivity contribution is 7.17. The number of nitrogens with zero attached hydrogens (tertiary/aromatic N) is 4. The first-order valence-corrected chi connectivity index (χ1v) is 11.1. The summed E-state index contributed by atoms with van der Waals surface area (Å²) in [6.45, 7) is 4.04. The standard InChI is InChI=1S/C24H23FN4O2S/c1-16-22(32-23(27-16)18-5-9-20(31-2)10-6-18)24(30)29-13-11-28(12-14-29)21(15-26)17-3-7-19(25)8-4-17/h3-10,21H,11-14H2,1-2H3. The Kier molecular flexibility index (Phi) is 6.49. The van der Waals surface area contributed by atoms with Gasteiger partial charge in [-0.3, -0.25) is 9.69 Å². The number of halogens is 1. The molecule has 3 aromatic rings. The molecule has 1 aromatic heterocycles. The van der Waals surface area contributed by atoms with Crippen molar-refractivity contribution in [2.75, 3.05) is 33.3 Å². The molecule has 0 N–H and O–H groups in total. The number of aryl methyl sites for hydroxylation is 1. The van der Waals surface area contributed by atoms with E-state index in [9.17, 15) is 14.4 Å². The van der Waals surface area contributed by atoms with Crippen LogP contribution in [-0.4, -0.2) is 54.0 Å². The van der Waals surface area contributed by atoms with E-state index in [4.69, 9.17) is 4.74 Å². The Labute approximate surface area is 190 Å². The van der Waals surface area contributed by atoms with Gasteiger partial charge in [-0.05, 0) is 48.9 Å². The van der Waals surface area contributed by atoms with Gasteiger partial charge in [0.05, 0.1) is 18.9 Å². The fourth-order valence-corrected chi connectivity index (χ4v) is 4.83. The molecule has 1 amide bonds. The average Bonchev–Trinajstić information content (AvgIpc) is 3.22. The lowest BCUT2D eigenvalue weighted by Crippen LogP contribution is -2.49. The van der Waals surface area contributed by atoms with E-state index in [-0.39, 0.29) is 11.7 Å². The number of piperazine rings is 1. The van der Waals surface area contributed by atoms with Crippen LogP contribution in [0.4, 0.5) is 4.39 Å². The van der Waals surface area contributed by atoms with Crippen LogP contribution in [-0.2, 0) is 0 Å². The number of thiazole rings is 1. The number of hydrogen-bond acceptors (Lipinski definition) is 6. The Balaban J connectivity index is 1.43. The molecule has 164 valence electrons. The molecular weight excluding hydrogens is 427 g/mol. The topological polar surface area (TPSA) is 69.5 Å². The third-order valence-corrected chi connectivity index (χ3v) is 6.80. The van der Waals surface area contributed by atoms with E-state index < -0.39 is 6.04 Å². The summed E-state index contributed by atoms with van der Waals surface area (Å²) in [4.78, 5) is 22.3. The quantitative estimate of drug-likeness (QED) is 0.580. The summed E-state index contributed by atoms with van der Waals surface area (Å²) in [5, 5.41) is 10.5. The normalized spacial score (nSPS) is 15.2. The van der Waals surface area contributed by atoms with Crippen molar-refractivity contribution in [3.8, 4) is 22.4 Å². The summed E-state index contributed by atoms with van der Waals surface area (Å²) in [6.07, 6.45) is 0. The Morgan fingerprint density at radius 2 is 1.78 bits per heavy atom. The molecule has 32 heavy (non-hydrogen) atoms. The number of methoxy groups -OCH3 is 1. The average molecular weight is 451 g/mol. The predicted octanol–water partition coefficient (Wildman–Crippen LogP) is 4.29. The zero-order valence-electron chi connectivity index (χ0n) is 17.9. The molecule has 4 rings (SSSR count). The van der Waals surface area contributed by atoms with Gasteiger partial charge >= 0.3 is 0 Å². The van der Waals surface area contributed by atoms with Crippen molar-refractivity contribution in [3.63, 3.8) is 0 Å². The van der Waals surface area contributed by atoms with Gasteiger partial charge in [0.15, 0.2) is 0 Å². The number of carbonyl (C=O) groups is 1. The number of amides is 1. The monoisotopic (exact) mass is 450 g/mol. The summed E-state index contributed by atoms with van der Waals surface area (Å²) < 4.78 is 18.4. The van der Waals surface area contributed by atoms with Gasteiger partial charge in [-0.15, -0.1) is 11.3 Å². The number of nitriles is 1. The lowest BCUT2D eigenvalue weighted by atomic mass is 10.1. The number of carbonyl (C=O) groups excluding carboxylic acids is 1. The number of ether oxygens (including phenoxy) is 1. The molecule has 2 aromatic carbocycles. The van der Waals surface area contributed by atoms with Crippen LogP contribution < -0.4 is 4.74 Å². The molecule has 0 spiro atoms. The lowest BCUT2D eigenvalue weighted by Gasteiger charge is -2.36. The van der Waals surface area contributed by atoms with Gasteiger partial charge in [0.25, 0.3) is 5.91 Å². The van der Waals surface area contributed by atoms with E-state index in [0.717, 1.165) is 27.6 Å². The molecule has 1 saturated heterocycles. The predicted molar refractivity (Wildman–Crippen MR) is 121 cm³/mol. The second-order valence-electron chi connectivity index (χ2n) is 7.57. The first kappa shape index (κ1) is 21.9. The molecule has 1 aliphatic heterocycles. The van der Waals surface area contributed by atoms with Gasteiger partial charge in [0.1, 0.15) is 27.5 Å². The molecule has 2 heterocycles. The van der Waals surface area contributed by atoms with Crippen LogP contribution in [0, 0.1) is 24.1 Å². The van der Waals surface area contributed by atoms with Gasteiger partial charge in [-0.1, -0.05) is 12.1 Å². The summed E-state index contributed by atoms with van der Waals surface area (Å²) in [5.74, 6) is 0.414. The molecule has 1 atom stereocenters. The molecule has 1 aliphatic rings. The largest absolute Gasteiger partial charge is 0.497 e. The Bertz CT molecular complexity index is 1130. The highest BCUT2D eigenvalue weighted by Crippen LogP contribution is 2.30. The third-order valence-electron chi connectivity index (χ3n) is 5.60. The van der Waals surface area contributed by atoms with Gasteiger partial charge in [-0.25, -0.2) is 9.37 Å². The van der Waals surface area contributed by atoms with Crippen molar-refractivity contribution in [1.29, 1.82) is 5.26 Å². The van der Waals surface area contributed by atoms with Gasteiger partial charge in [0, 0.05) is 31.7 Å². The zero-order valence-corrected chi connectivity index (χ0v) is 18.7. The van der Waals surface area contributed by atoms with Crippen molar-refractivity contribution in [2.24, 2.45) is 0 Å². The van der Waals surface area contributed by atoms with Crippen molar-refractivity contribution >= 4 is 17.2 Å². The van der Waals surface area contributed by atoms with Crippen LogP contribution in [0.5, 0.6) is 5.75 Å². The Hall–Kier alpha value is -3.28. The maximum absolute atomic E-state index is 13.2. The second-order valence-corrected chi connectivity index (χ2v) is 8.57. The number of rotatable bonds is 5. The molecule has 0 saturated carbocycles. The van der Waals surface area contributed by atoms with E-state index in [0.29, 0.717) is 31.1 Å². The molecule has 0 radical (unpaired) electrons. The zero-order chi connectivity index (χ0) is 22.7. The number of hydrogen-bond donors (Lipinski definition) is 0. The molecule has 6 nitrogen and oxygen atoms in total. The SMILES string of the molecule is COc1ccc(-c2nc(C)c(C(=O)N3CCN(C(C#N)c4ccc(F)cc4)CC3)s2)cc1. The first-order valence-electron chi connectivity index (χ1n) is 10.3. The lowest BCUT2D eigenvalue weighted by molar-refractivity contribution is 0.0610. The number of aromatic nitrogens is 1. The summed E-state index contributed by atoms with van der Waals surface area (Å²) in [6, 6.07) is 15.5. The van der Waals surface area contributed by atoms with Crippen LogP contribution in [0.3, 0.4) is 0 Å². The maximum atomic E-state index is 13.2. The van der Waals surface area contributed by atoms with Gasteiger partial charge < -0.3 is 9.64 Å². The van der Waals surface area contributed by atoms with Crippen molar-refractivity contribution in [3.05, 3.63) is 70.5 Å². The molecule has 1 fully saturated rings. The summed E-state index contributed by atoms with van der Waals surface area (Å²) in [5.41, 5.74) is 2.42. The van der Waals surface area contributed by atoms with E-state index in [1.807, 2.05) is 41.0 Å². The van der Waals surface area contributed by atoms with E-state index >= 15 is 0 Å². The van der Waals surface area contributed by atoms with Crippen molar-refractivity contribution in [2.45, 2.75) is 13.0 Å². The fraction of sp³-hybridized carbons (Fsp3) is 0.292. The van der Waals surface area contributed by atoms with E-state index in [1.54, 1.807) is 19.2 Å². The highest BCUT2D eigenvalue weighted by atomic mass is 32.1. The minimum Gasteiger partial charge on any atom is -0.497 e. The first-order chi connectivity index (χ1) is 15.5. The fourth-order valence-electron chi connectivity index (χ4n) is 3.79. The van der Waals surface area contributed by atoms with Crippen LogP contribution in [0.25, 0.3) is 10.6 Å².